The number of carbonyl (C=O) groups excluding carboxylic acids is 1. The standard InChI is InChI=1S/C24H28N2O7/c1-12(24(29)30)25-18-9-7-15-16(11-19(18)28)17(26-13(2)27)8-6-14-10-20(31-3)22(32-4)23(33-5)21(14)15/h7,9-12,17H,6,8H2,1-5H3,(H,25,28)(H,26,27)(H,29,30)/t12-,17-/m1/s1. The number of aliphatic carboxylic acids is 1. The summed E-state index contributed by atoms with van der Waals surface area (Å²) in [5.41, 5.74) is 2.67. The van der Waals surface area contributed by atoms with E-state index in [2.05, 4.69) is 10.6 Å². The molecule has 1 aliphatic carbocycles. The minimum Gasteiger partial charge on any atom is -0.493 e. The maximum atomic E-state index is 13.0. The van der Waals surface area contributed by atoms with Gasteiger partial charge in [-0.05, 0) is 54.7 Å². The van der Waals surface area contributed by atoms with Gasteiger partial charge >= 0.3 is 5.97 Å². The van der Waals surface area contributed by atoms with Crippen LogP contribution >= 0.6 is 0 Å². The molecule has 0 spiro atoms. The minimum atomic E-state index is -1.08. The number of anilines is 1. The molecule has 0 aliphatic heterocycles. The number of hydrogen-bond donors (Lipinski definition) is 3. The van der Waals surface area contributed by atoms with E-state index in [9.17, 15) is 19.5 Å². The van der Waals surface area contributed by atoms with Crippen molar-refractivity contribution in [1.82, 2.24) is 5.32 Å². The maximum Gasteiger partial charge on any atom is 0.325 e. The van der Waals surface area contributed by atoms with Crippen molar-refractivity contribution < 1.29 is 28.9 Å². The third-order valence-corrected chi connectivity index (χ3v) is 5.66. The zero-order chi connectivity index (χ0) is 24.3. The normalized spacial score (nSPS) is 15.2. The van der Waals surface area contributed by atoms with Gasteiger partial charge in [0.15, 0.2) is 11.5 Å². The summed E-state index contributed by atoms with van der Waals surface area (Å²) in [7, 11) is 4.58. The average molecular weight is 456 g/mol. The molecule has 33 heavy (non-hydrogen) atoms. The van der Waals surface area contributed by atoms with E-state index in [1.165, 1.54) is 34.1 Å². The van der Waals surface area contributed by atoms with E-state index in [0.717, 1.165) is 11.1 Å². The van der Waals surface area contributed by atoms with Crippen molar-refractivity contribution in [3.8, 4) is 28.4 Å². The summed E-state index contributed by atoms with van der Waals surface area (Å²) >= 11 is 0. The highest BCUT2D eigenvalue weighted by Crippen LogP contribution is 2.50. The first kappa shape index (κ1) is 23.9. The molecule has 2 atom stereocenters. The van der Waals surface area contributed by atoms with Gasteiger partial charge in [-0.3, -0.25) is 14.4 Å². The smallest absolute Gasteiger partial charge is 0.325 e. The summed E-state index contributed by atoms with van der Waals surface area (Å²) in [6, 6.07) is 5.21. The van der Waals surface area contributed by atoms with E-state index in [0.29, 0.717) is 41.2 Å². The summed E-state index contributed by atoms with van der Waals surface area (Å²) in [6.07, 6.45) is 1.13. The Bertz CT molecular complexity index is 1150. The van der Waals surface area contributed by atoms with Gasteiger partial charge in [0.1, 0.15) is 6.04 Å². The lowest BCUT2D eigenvalue weighted by Gasteiger charge is -2.19. The Morgan fingerprint density at radius 3 is 2.36 bits per heavy atom. The Morgan fingerprint density at radius 2 is 1.79 bits per heavy atom. The van der Waals surface area contributed by atoms with Gasteiger partial charge in [0.25, 0.3) is 0 Å². The van der Waals surface area contributed by atoms with Crippen molar-refractivity contribution in [2.24, 2.45) is 0 Å². The number of ether oxygens (including phenoxy) is 3. The van der Waals surface area contributed by atoms with Crippen LogP contribution in [0.2, 0.25) is 0 Å². The largest absolute Gasteiger partial charge is 0.493 e. The first-order valence-electron chi connectivity index (χ1n) is 10.5. The fraction of sp³-hybridized carbons (Fsp3) is 0.375. The van der Waals surface area contributed by atoms with Crippen molar-refractivity contribution in [3.63, 3.8) is 0 Å². The fourth-order valence-corrected chi connectivity index (χ4v) is 4.12. The lowest BCUT2D eigenvalue weighted by molar-refractivity contribution is -0.137. The maximum absolute atomic E-state index is 13.0. The summed E-state index contributed by atoms with van der Waals surface area (Å²) in [5, 5.41) is 14.9. The Kier molecular flexibility index (Phi) is 7.10. The Morgan fingerprint density at radius 1 is 1.09 bits per heavy atom. The molecule has 0 saturated heterocycles. The SMILES string of the molecule is COc1cc2c(c(OC)c1OC)-c1ccc(N[C@H](C)C(=O)O)c(=O)cc1[C@H](NC(C)=O)CC2. The molecular weight excluding hydrogens is 428 g/mol. The predicted octanol–water partition coefficient (Wildman–Crippen LogP) is 2.75. The number of rotatable bonds is 7. The van der Waals surface area contributed by atoms with Crippen molar-refractivity contribution in [2.75, 3.05) is 26.6 Å². The molecule has 3 N–H and O–H groups in total. The van der Waals surface area contributed by atoms with Crippen LogP contribution in [-0.2, 0) is 16.0 Å². The monoisotopic (exact) mass is 456 g/mol. The number of aryl methyl sites for hydroxylation is 1. The van der Waals surface area contributed by atoms with Gasteiger partial charge in [-0.2, -0.15) is 0 Å². The van der Waals surface area contributed by atoms with Crippen LogP contribution < -0.4 is 30.3 Å². The number of fused-ring (bicyclic) bond motifs is 3. The number of carboxylic acids is 1. The number of benzene rings is 1. The van der Waals surface area contributed by atoms with Gasteiger partial charge in [0, 0.05) is 12.5 Å². The van der Waals surface area contributed by atoms with Crippen LogP contribution in [0.25, 0.3) is 11.1 Å². The van der Waals surface area contributed by atoms with Crippen molar-refractivity contribution in [1.29, 1.82) is 0 Å². The minimum absolute atomic E-state index is 0.139. The molecule has 1 aliphatic rings. The number of nitrogens with one attached hydrogen (secondary N) is 2. The van der Waals surface area contributed by atoms with Crippen molar-refractivity contribution in [3.05, 3.63) is 45.6 Å². The summed E-state index contributed by atoms with van der Waals surface area (Å²) in [5.74, 6) is 0.0615. The topological polar surface area (TPSA) is 123 Å². The molecule has 0 saturated carbocycles. The van der Waals surface area contributed by atoms with Gasteiger partial charge in [0.2, 0.25) is 17.1 Å². The highest BCUT2D eigenvalue weighted by atomic mass is 16.5. The van der Waals surface area contributed by atoms with Crippen LogP contribution in [0, 0.1) is 0 Å². The first-order chi connectivity index (χ1) is 15.7. The average Bonchev–Trinajstić information content (AvgIpc) is 3.01. The molecule has 176 valence electrons. The molecule has 0 unspecified atom stereocenters. The zero-order valence-corrected chi connectivity index (χ0v) is 19.3. The number of carbonyl (C=O) groups is 2. The number of amides is 1. The summed E-state index contributed by atoms with van der Waals surface area (Å²) < 4.78 is 16.8. The molecular formula is C24H28N2O7. The molecule has 0 heterocycles. The van der Waals surface area contributed by atoms with Gasteiger partial charge < -0.3 is 30.0 Å². The second-order valence-corrected chi connectivity index (χ2v) is 7.80. The van der Waals surface area contributed by atoms with E-state index in [1.54, 1.807) is 19.2 Å². The lowest BCUT2D eigenvalue weighted by Crippen LogP contribution is -2.28. The Balaban J connectivity index is 2.35. The van der Waals surface area contributed by atoms with Crippen LogP contribution in [0.3, 0.4) is 0 Å². The van der Waals surface area contributed by atoms with Crippen LogP contribution in [0.1, 0.15) is 37.4 Å². The highest BCUT2D eigenvalue weighted by molar-refractivity contribution is 5.84. The van der Waals surface area contributed by atoms with E-state index in [1.807, 2.05) is 6.07 Å². The lowest BCUT2D eigenvalue weighted by atomic mass is 9.95. The van der Waals surface area contributed by atoms with Gasteiger partial charge in [-0.1, -0.05) is 6.07 Å². The van der Waals surface area contributed by atoms with E-state index >= 15 is 0 Å². The van der Waals surface area contributed by atoms with Gasteiger partial charge in [0.05, 0.1) is 33.1 Å². The molecule has 9 nitrogen and oxygen atoms in total. The van der Waals surface area contributed by atoms with E-state index in [-0.39, 0.29) is 17.0 Å². The van der Waals surface area contributed by atoms with E-state index in [4.69, 9.17) is 14.2 Å². The number of hydrogen-bond acceptors (Lipinski definition) is 7. The number of methoxy groups -OCH3 is 3. The highest BCUT2D eigenvalue weighted by Gasteiger charge is 2.29. The molecule has 3 rings (SSSR count). The molecule has 1 amide bonds. The van der Waals surface area contributed by atoms with Crippen LogP contribution in [-0.4, -0.2) is 44.4 Å². The second-order valence-electron chi connectivity index (χ2n) is 7.80. The third-order valence-electron chi connectivity index (χ3n) is 5.66. The Labute approximate surface area is 191 Å². The van der Waals surface area contributed by atoms with Crippen molar-refractivity contribution >= 4 is 17.6 Å². The van der Waals surface area contributed by atoms with Crippen LogP contribution in [0.4, 0.5) is 5.69 Å². The fourth-order valence-electron chi connectivity index (χ4n) is 4.12. The third kappa shape index (κ3) is 4.72. The molecule has 2 aromatic rings. The molecule has 0 fully saturated rings. The summed E-state index contributed by atoms with van der Waals surface area (Å²) in [6.45, 7) is 2.88. The molecule has 0 aromatic heterocycles. The Hall–Kier alpha value is -3.75. The predicted molar refractivity (Wildman–Crippen MR) is 123 cm³/mol. The first-order valence-corrected chi connectivity index (χ1v) is 10.5. The molecule has 0 radical (unpaired) electrons. The second kappa shape index (κ2) is 9.81. The van der Waals surface area contributed by atoms with Crippen LogP contribution in [0.15, 0.2) is 29.1 Å². The van der Waals surface area contributed by atoms with Gasteiger partial charge in [-0.15, -0.1) is 0 Å². The zero-order valence-electron chi connectivity index (χ0n) is 19.3. The molecule has 2 aromatic carbocycles. The summed E-state index contributed by atoms with van der Waals surface area (Å²) in [4.78, 5) is 36.3. The molecule has 9 heteroatoms. The van der Waals surface area contributed by atoms with Crippen LogP contribution in [0.5, 0.6) is 17.2 Å². The van der Waals surface area contributed by atoms with Crippen molar-refractivity contribution in [2.45, 2.75) is 38.8 Å². The van der Waals surface area contributed by atoms with E-state index < -0.39 is 18.1 Å². The quantitative estimate of drug-likeness (QED) is 0.581. The van der Waals surface area contributed by atoms with Gasteiger partial charge in [-0.25, -0.2) is 0 Å². The number of carboxylic acid groups (broad SMARTS) is 1. The molecule has 0 bridgehead atoms.